The minimum absolute atomic E-state index is 0.0303. The standard InChI is InChI=1S/C26H25N5O22S7/c27-23-22-14(11-20(55-52-49-34)24(26(22)32)30-28-15-1-3-16(4-2-15)57(36,37)9-7-46-56-53-50-35)12-21(59(40,41)42)25(23)31-29-18-6-5-17(13-19(18)54-51-48-33)58(38,39)10-8-47-60(43,44)45/h1-6,11-13,32-35H,7-10,27H2,(H,40,41,42)(H,43,44,45). The fourth-order valence-corrected chi connectivity index (χ4v) is 9.17. The number of hydrogen-bond donors (Lipinski definition) is 7. The third kappa shape index (κ3) is 13.4. The second-order valence-corrected chi connectivity index (χ2v) is 19.4. The Balaban J connectivity index is 1.78. The number of aromatic hydroxyl groups is 1. The van der Waals surface area contributed by atoms with E-state index in [-0.39, 0.29) is 79.8 Å². The van der Waals surface area contributed by atoms with E-state index in [2.05, 4.69) is 52.8 Å². The highest BCUT2D eigenvalue weighted by atomic mass is 32.3. The molecule has 0 aromatic heterocycles. The first-order chi connectivity index (χ1) is 28.2. The number of phenolic OH excluding ortho intramolecular Hbond substituents is 1. The molecule has 0 aliphatic rings. The highest BCUT2D eigenvalue weighted by Crippen LogP contribution is 2.50. The Morgan fingerprint density at radius 1 is 0.650 bits per heavy atom. The van der Waals surface area contributed by atoms with Crippen molar-refractivity contribution in [2.45, 2.75) is 24.5 Å². The number of benzene rings is 4. The molecule has 8 N–H and O–H groups in total. The van der Waals surface area contributed by atoms with E-state index in [4.69, 9.17) is 30.2 Å². The van der Waals surface area contributed by atoms with Crippen molar-refractivity contribution < 1.29 is 100 Å². The molecular formula is C26H25N5O22S7. The predicted octanol–water partition coefficient (Wildman–Crippen LogP) is 5.43. The predicted molar refractivity (Wildman–Crippen MR) is 202 cm³/mol. The minimum atomic E-state index is -5.21. The third-order valence-corrected chi connectivity index (χ3v) is 13.4. The number of rotatable bonds is 23. The molecule has 60 heavy (non-hydrogen) atoms. The average molecular weight is 984 g/mol. The zero-order valence-electron chi connectivity index (χ0n) is 29.0. The van der Waals surface area contributed by atoms with E-state index in [1.54, 1.807) is 0 Å². The molecule has 0 unspecified atom stereocenters. The van der Waals surface area contributed by atoms with Gasteiger partial charge in [-0.2, -0.15) is 21.9 Å². The van der Waals surface area contributed by atoms with Crippen molar-refractivity contribution >= 4 is 116 Å². The second-order valence-electron chi connectivity index (χ2n) is 10.7. The van der Waals surface area contributed by atoms with Crippen LogP contribution in [0.2, 0.25) is 0 Å². The number of fused-ring (bicyclic) bond motifs is 1. The van der Waals surface area contributed by atoms with E-state index in [0.29, 0.717) is 0 Å². The molecule has 0 saturated heterocycles. The first-order valence-corrected chi connectivity index (χ1v) is 23.3. The summed E-state index contributed by atoms with van der Waals surface area (Å²) in [7, 11) is -18.4. The normalized spacial score (nSPS) is 12.9. The maximum atomic E-state index is 12.8. The van der Waals surface area contributed by atoms with E-state index in [0.717, 1.165) is 30.3 Å². The Morgan fingerprint density at radius 3 is 1.85 bits per heavy atom. The molecule has 0 fully saturated rings. The molecule has 4 aromatic rings. The van der Waals surface area contributed by atoms with Crippen molar-refractivity contribution in [2.75, 3.05) is 30.5 Å². The Kier molecular flexibility index (Phi) is 17.4. The minimum Gasteiger partial charge on any atom is -0.505 e. The largest absolute Gasteiger partial charge is 0.505 e. The van der Waals surface area contributed by atoms with Gasteiger partial charge in [0.1, 0.15) is 22.0 Å². The zero-order chi connectivity index (χ0) is 44.3. The third-order valence-electron chi connectivity index (χ3n) is 7.04. The second kappa shape index (κ2) is 21.4. The summed E-state index contributed by atoms with van der Waals surface area (Å²) in [5.41, 5.74) is 4.14. The van der Waals surface area contributed by atoms with Gasteiger partial charge in [-0.15, -0.1) is 28.3 Å². The number of nitrogens with zero attached hydrogens (tertiary/aromatic N) is 4. The van der Waals surface area contributed by atoms with E-state index >= 15 is 0 Å². The van der Waals surface area contributed by atoms with Gasteiger partial charge in [0.25, 0.3) is 10.1 Å². The lowest BCUT2D eigenvalue weighted by atomic mass is 10.1. The lowest BCUT2D eigenvalue weighted by Crippen LogP contribution is -2.15. The van der Waals surface area contributed by atoms with Gasteiger partial charge >= 0.3 is 10.4 Å². The van der Waals surface area contributed by atoms with Crippen LogP contribution in [0.15, 0.2) is 99.5 Å². The Morgan fingerprint density at radius 2 is 1.23 bits per heavy atom. The van der Waals surface area contributed by atoms with Gasteiger partial charge in [0.05, 0.1) is 85.1 Å². The van der Waals surface area contributed by atoms with Crippen LogP contribution < -0.4 is 5.73 Å². The molecule has 0 spiro atoms. The van der Waals surface area contributed by atoms with Gasteiger partial charge in [0.2, 0.25) is 0 Å². The summed E-state index contributed by atoms with van der Waals surface area (Å²) in [5, 5.41) is 62.5. The molecule has 0 amide bonds. The quantitative estimate of drug-likeness (QED) is 0.00926. The van der Waals surface area contributed by atoms with Gasteiger partial charge < -0.3 is 10.8 Å². The van der Waals surface area contributed by atoms with E-state index in [9.17, 15) is 43.3 Å². The molecule has 34 heteroatoms. The summed E-state index contributed by atoms with van der Waals surface area (Å²) in [5.74, 6) is -2.26. The highest BCUT2D eigenvalue weighted by Gasteiger charge is 2.26. The molecule has 4 rings (SSSR count). The number of anilines is 1. The van der Waals surface area contributed by atoms with Crippen LogP contribution in [0.25, 0.3) is 10.8 Å². The maximum Gasteiger partial charge on any atom is 0.397 e. The fourth-order valence-electron chi connectivity index (χ4n) is 4.54. The van der Waals surface area contributed by atoms with Gasteiger partial charge in [-0.05, 0) is 60.0 Å². The van der Waals surface area contributed by atoms with Gasteiger partial charge in [-0.1, -0.05) is 15.1 Å². The van der Waals surface area contributed by atoms with Gasteiger partial charge in [0.15, 0.2) is 37.7 Å². The summed E-state index contributed by atoms with van der Waals surface area (Å²) in [6, 6.07) is 9.60. The smallest absolute Gasteiger partial charge is 0.397 e. The van der Waals surface area contributed by atoms with Crippen molar-refractivity contribution in [3.63, 3.8) is 0 Å². The van der Waals surface area contributed by atoms with Crippen molar-refractivity contribution in [3.05, 3.63) is 54.6 Å². The Hall–Kier alpha value is -3.73. The van der Waals surface area contributed by atoms with Crippen LogP contribution >= 0.6 is 36.4 Å². The number of hydrogen-bond acceptors (Lipinski definition) is 28. The summed E-state index contributed by atoms with van der Waals surface area (Å²) < 4.78 is 138. The summed E-state index contributed by atoms with van der Waals surface area (Å²) >= 11 is 0.600. The SMILES string of the molecule is Nc1c(N=Nc2ccc(S(=O)(=O)CCOS(=O)(=O)O)cc2SOOO)c(S(=O)(=O)O)cc2cc(SOOO)c(N=Nc3ccc(S(=O)(=O)CCOSOOO)cc3)c(O)c12. The number of phenols is 1. The van der Waals surface area contributed by atoms with Gasteiger partial charge in [0, 0.05) is 0 Å². The first kappa shape index (κ1) is 48.9. The fraction of sp³-hybridized carbons (Fsp3) is 0.154. The molecular weight excluding hydrogens is 959 g/mol. The number of azo groups is 2. The van der Waals surface area contributed by atoms with E-state index < -0.39 is 90.9 Å². The van der Waals surface area contributed by atoms with Crippen LogP contribution in [0.3, 0.4) is 0 Å². The van der Waals surface area contributed by atoms with Crippen LogP contribution in [0.4, 0.5) is 28.4 Å². The number of sulfone groups is 2. The number of nitrogens with two attached hydrogens (primary N) is 1. The van der Waals surface area contributed by atoms with Crippen molar-refractivity contribution in [2.24, 2.45) is 20.5 Å². The monoisotopic (exact) mass is 983 g/mol. The number of nitrogen functional groups attached to an aromatic ring is 1. The zero-order valence-corrected chi connectivity index (χ0v) is 34.7. The molecule has 0 radical (unpaired) electrons. The van der Waals surface area contributed by atoms with Crippen molar-refractivity contribution in [3.8, 4) is 5.75 Å². The molecule has 4 aromatic carbocycles. The molecule has 0 aliphatic heterocycles. The molecule has 0 bridgehead atoms. The molecule has 0 saturated carbocycles. The van der Waals surface area contributed by atoms with Crippen LogP contribution in [0, 0.1) is 0 Å². The van der Waals surface area contributed by atoms with Crippen LogP contribution in [-0.4, -0.2) is 88.4 Å². The maximum absolute atomic E-state index is 12.8. The highest BCUT2D eigenvalue weighted by molar-refractivity contribution is 7.95. The molecule has 0 heterocycles. The molecule has 0 aliphatic carbocycles. The lowest BCUT2D eigenvalue weighted by molar-refractivity contribution is -0.434. The molecule has 0 atom stereocenters. The van der Waals surface area contributed by atoms with Gasteiger partial charge in [-0.25, -0.2) is 36.8 Å². The summed E-state index contributed by atoms with van der Waals surface area (Å²) in [6.45, 7) is -1.33. The topological polar surface area (TPSA) is 407 Å². The summed E-state index contributed by atoms with van der Waals surface area (Å²) in [6.07, 6.45) is 0. The lowest BCUT2D eigenvalue weighted by Gasteiger charge is -2.14. The molecule has 27 nitrogen and oxygen atoms in total. The van der Waals surface area contributed by atoms with Crippen LogP contribution in [0.5, 0.6) is 5.75 Å². The Labute approximate surface area is 350 Å². The average Bonchev–Trinajstić information content (AvgIpc) is 3.17. The first-order valence-electron chi connectivity index (χ1n) is 15.0. The van der Waals surface area contributed by atoms with Gasteiger partial charge in [-0.3, -0.25) is 13.3 Å². The van der Waals surface area contributed by atoms with Crippen LogP contribution in [0.1, 0.15) is 0 Å². The van der Waals surface area contributed by atoms with E-state index in [1.165, 1.54) is 24.3 Å². The van der Waals surface area contributed by atoms with Crippen molar-refractivity contribution in [1.82, 2.24) is 0 Å². The van der Waals surface area contributed by atoms with E-state index in [1.807, 2.05) is 0 Å². The Bertz CT molecular complexity index is 2690. The van der Waals surface area contributed by atoms with Crippen molar-refractivity contribution in [1.29, 1.82) is 0 Å². The molecule has 328 valence electrons. The van der Waals surface area contributed by atoms with Crippen LogP contribution in [-0.2, 0) is 76.7 Å². The summed E-state index contributed by atoms with van der Waals surface area (Å²) in [4.78, 5) is -2.10.